The van der Waals surface area contributed by atoms with E-state index in [-0.39, 0.29) is 0 Å². The van der Waals surface area contributed by atoms with Crippen LogP contribution in [0.5, 0.6) is 0 Å². The molecule has 0 N–H and O–H groups in total. The minimum Gasteiger partial charge on any atom is -0.0616 e. The summed E-state index contributed by atoms with van der Waals surface area (Å²) in [6, 6.07) is 15.7. The molecule has 0 atom stereocenters. The van der Waals surface area contributed by atoms with Crippen LogP contribution in [0.3, 0.4) is 0 Å². The summed E-state index contributed by atoms with van der Waals surface area (Å²) >= 11 is 0. The maximum Gasteiger partial charge on any atom is -0.0149 e. The first-order chi connectivity index (χ1) is 9.88. The summed E-state index contributed by atoms with van der Waals surface area (Å²) in [5.41, 5.74) is 1.58. The van der Waals surface area contributed by atoms with Crippen molar-refractivity contribution in [3.63, 3.8) is 0 Å². The summed E-state index contributed by atoms with van der Waals surface area (Å²) in [7, 11) is 0. The number of benzene rings is 2. The maximum atomic E-state index is 3.97. The molecule has 0 unspecified atom stereocenters. The summed E-state index contributed by atoms with van der Waals surface area (Å²) in [6.45, 7) is 3.97. The molecule has 0 bridgehead atoms. The highest BCUT2D eigenvalue weighted by Gasteiger charge is 2.22. The van der Waals surface area contributed by atoms with E-state index < -0.39 is 0 Å². The molecule has 0 heteroatoms. The van der Waals surface area contributed by atoms with Gasteiger partial charge in [-0.15, -0.1) is 0 Å². The van der Waals surface area contributed by atoms with Gasteiger partial charge in [0.25, 0.3) is 0 Å². The molecule has 105 valence electrons. The Morgan fingerprint density at radius 1 is 0.900 bits per heavy atom. The highest BCUT2D eigenvalue weighted by molar-refractivity contribution is 5.86. The van der Waals surface area contributed by atoms with Crippen molar-refractivity contribution < 1.29 is 0 Å². The standard InChI is InChI=1S/C20H25/c1-2-3-7-16-12-14-18(15-13-16)20-11-6-9-17-8-4-5-10-19(17)20/h4-6,8-11,16,18H,1-3,7,12-15H2. The third kappa shape index (κ3) is 2.90. The van der Waals surface area contributed by atoms with Crippen LogP contribution in [0.2, 0.25) is 0 Å². The molecule has 1 fully saturated rings. The summed E-state index contributed by atoms with van der Waals surface area (Å²) in [6.07, 6.45) is 9.37. The van der Waals surface area contributed by atoms with E-state index in [4.69, 9.17) is 0 Å². The number of fused-ring (bicyclic) bond motifs is 1. The van der Waals surface area contributed by atoms with E-state index in [1.165, 1.54) is 49.3 Å². The van der Waals surface area contributed by atoms with E-state index in [0.717, 1.165) is 18.3 Å². The second kappa shape index (κ2) is 6.43. The van der Waals surface area contributed by atoms with Crippen molar-refractivity contribution in [1.29, 1.82) is 0 Å². The van der Waals surface area contributed by atoms with Crippen molar-refractivity contribution in [2.45, 2.75) is 50.9 Å². The summed E-state index contributed by atoms with van der Waals surface area (Å²) < 4.78 is 0. The Balaban J connectivity index is 1.74. The molecular formula is C20H25. The van der Waals surface area contributed by atoms with Crippen molar-refractivity contribution in [3.8, 4) is 0 Å². The molecule has 1 saturated carbocycles. The normalized spacial score (nSPS) is 23.1. The molecule has 3 rings (SSSR count). The van der Waals surface area contributed by atoms with Crippen molar-refractivity contribution in [3.05, 3.63) is 55.0 Å². The Labute approximate surface area is 123 Å². The van der Waals surface area contributed by atoms with Gasteiger partial charge in [0.2, 0.25) is 0 Å². The highest BCUT2D eigenvalue weighted by Crippen LogP contribution is 2.39. The fraction of sp³-hybridized carbons (Fsp3) is 0.450. The second-order valence-corrected chi connectivity index (χ2v) is 6.28. The largest absolute Gasteiger partial charge is 0.0616 e. The van der Waals surface area contributed by atoms with Gasteiger partial charge in [-0.2, -0.15) is 0 Å². The molecule has 1 aliphatic carbocycles. The topological polar surface area (TPSA) is 0 Å². The van der Waals surface area contributed by atoms with Gasteiger partial charge in [-0.25, -0.2) is 0 Å². The fourth-order valence-corrected chi connectivity index (χ4v) is 3.80. The Hall–Kier alpha value is -1.30. The van der Waals surface area contributed by atoms with Gasteiger partial charge < -0.3 is 0 Å². The Bertz CT molecular complexity index is 541. The lowest BCUT2D eigenvalue weighted by Gasteiger charge is -2.29. The van der Waals surface area contributed by atoms with E-state index >= 15 is 0 Å². The molecule has 0 spiro atoms. The van der Waals surface area contributed by atoms with Crippen LogP contribution in [0, 0.1) is 12.8 Å². The van der Waals surface area contributed by atoms with Crippen molar-refractivity contribution in [1.82, 2.24) is 0 Å². The summed E-state index contributed by atoms with van der Waals surface area (Å²) in [4.78, 5) is 0. The van der Waals surface area contributed by atoms with E-state index in [9.17, 15) is 0 Å². The van der Waals surface area contributed by atoms with Crippen LogP contribution in [0.25, 0.3) is 10.8 Å². The van der Waals surface area contributed by atoms with Crippen LogP contribution < -0.4 is 0 Å². The molecule has 20 heavy (non-hydrogen) atoms. The van der Waals surface area contributed by atoms with E-state index in [1.54, 1.807) is 5.56 Å². The van der Waals surface area contributed by atoms with Gasteiger partial charge >= 0.3 is 0 Å². The first-order valence-electron chi connectivity index (χ1n) is 8.15. The van der Waals surface area contributed by atoms with Gasteiger partial charge in [0, 0.05) is 0 Å². The number of unbranched alkanes of at least 4 members (excludes halogenated alkanes) is 1. The van der Waals surface area contributed by atoms with Gasteiger partial charge in [0.05, 0.1) is 0 Å². The minimum atomic E-state index is 0.775. The summed E-state index contributed by atoms with van der Waals surface area (Å²) in [5, 5.41) is 2.86. The first-order valence-corrected chi connectivity index (χ1v) is 8.15. The lowest BCUT2D eigenvalue weighted by atomic mass is 9.76. The summed E-state index contributed by atoms with van der Waals surface area (Å²) in [5.74, 6) is 1.74. The molecule has 0 aromatic heterocycles. The van der Waals surface area contributed by atoms with E-state index in [1.807, 2.05) is 0 Å². The van der Waals surface area contributed by atoms with Gasteiger partial charge in [-0.05, 0) is 53.9 Å². The molecule has 0 amide bonds. The van der Waals surface area contributed by atoms with Crippen molar-refractivity contribution in [2.75, 3.05) is 0 Å². The zero-order chi connectivity index (χ0) is 13.8. The lowest BCUT2D eigenvalue weighted by Crippen LogP contribution is -2.13. The van der Waals surface area contributed by atoms with E-state index in [2.05, 4.69) is 49.4 Å². The Morgan fingerprint density at radius 3 is 2.45 bits per heavy atom. The van der Waals surface area contributed by atoms with Crippen LogP contribution in [0.15, 0.2) is 42.5 Å². The number of hydrogen-bond donors (Lipinski definition) is 0. The molecule has 1 aliphatic rings. The monoisotopic (exact) mass is 265 g/mol. The van der Waals surface area contributed by atoms with Crippen molar-refractivity contribution >= 4 is 10.8 Å². The Kier molecular flexibility index (Phi) is 4.40. The molecule has 0 aliphatic heterocycles. The number of hydrogen-bond acceptors (Lipinski definition) is 0. The Morgan fingerprint density at radius 2 is 1.65 bits per heavy atom. The third-order valence-electron chi connectivity index (χ3n) is 4.97. The van der Waals surface area contributed by atoms with Crippen molar-refractivity contribution in [2.24, 2.45) is 5.92 Å². The molecule has 0 heterocycles. The molecule has 1 radical (unpaired) electrons. The predicted molar refractivity (Wildman–Crippen MR) is 87.9 cm³/mol. The minimum absolute atomic E-state index is 0.775. The predicted octanol–water partition coefficient (Wildman–Crippen LogP) is 6.12. The maximum absolute atomic E-state index is 3.97. The fourth-order valence-electron chi connectivity index (χ4n) is 3.80. The average Bonchev–Trinajstić information content (AvgIpc) is 2.53. The zero-order valence-corrected chi connectivity index (χ0v) is 12.4. The van der Waals surface area contributed by atoms with Crippen LogP contribution in [-0.2, 0) is 0 Å². The van der Waals surface area contributed by atoms with Crippen LogP contribution in [0.4, 0.5) is 0 Å². The average molecular weight is 265 g/mol. The van der Waals surface area contributed by atoms with Gasteiger partial charge in [-0.3, -0.25) is 0 Å². The van der Waals surface area contributed by atoms with Gasteiger partial charge in [-0.1, -0.05) is 68.7 Å². The van der Waals surface area contributed by atoms with Crippen LogP contribution in [0.1, 0.15) is 56.4 Å². The smallest absolute Gasteiger partial charge is 0.0149 e. The first kappa shape index (κ1) is 13.7. The van der Waals surface area contributed by atoms with E-state index in [0.29, 0.717) is 0 Å². The molecule has 2 aromatic carbocycles. The lowest BCUT2D eigenvalue weighted by molar-refractivity contribution is 0.306. The quantitative estimate of drug-likeness (QED) is 0.625. The molecule has 2 aromatic rings. The zero-order valence-electron chi connectivity index (χ0n) is 12.4. The number of rotatable bonds is 4. The molecule has 0 nitrogen and oxygen atoms in total. The van der Waals surface area contributed by atoms with Gasteiger partial charge in [0.1, 0.15) is 0 Å². The SMILES string of the molecule is [CH2]CCCC1CCC(c2cccc3ccccc23)CC1. The molecule has 0 saturated heterocycles. The van der Waals surface area contributed by atoms with Crippen LogP contribution in [-0.4, -0.2) is 0 Å². The van der Waals surface area contributed by atoms with Gasteiger partial charge in [0.15, 0.2) is 0 Å². The third-order valence-corrected chi connectivity index (χ3v) is 4.97. The molecular weight excluding hydrogens is 240 g/mol. The van der Waals surface area contributed by atoms with Crippen LogP contribution >= 0.6 is 0 Å². The second-order valence-electron chi connectivity index (χ2n) is 6.28. The highest BCUT2D eigenvalue weighted by atomic mass is 14.3.